The van der Waals surface area contributed by atoms with Crippen molar-refractivity contribution >= 4 is 0 Å². The summed E-state index contributed by atoms with van der Waals surface area (Å²) in [4.78, 5) is 0. The van der Waals surface area contributed by atoms with Crippen molar-refractivity contribution in [3.8, 4) is 0 Å². The third kappa shape index (κ3) is 4.17. The first-order chi connectivity index (χ1) is 14.3. The fourth-order valence-electron chi connectivity index (χ4n) is 8.33. The van der Waals surface area contributed by atoms with E-state index in [4.69, 9.17) is 0 Å². The molecule has 2 nitrogen and oxygen atoms in total. The van der Waals surface area contributed by atoms with E-state index < -0.39 is 5.60 Å². The topological polar surface area (TPSA) is 40.5 Å². The summed E-state index contributed by atoms with van der Waals surface area (Å²) in [5.41, 5.74) is 1.76. The lowest BCUT2D eigenvalue weighted by Gasteiger charge is -2.54. The van der Waals surface area contributed by atoms with Crippen molar-refractivity contribution in [3.05, 3.63) is 11.6 Å². The van der Waals surface area contributed by atoms with Gasteiger partial charge in [0.05, 0.1) is 11.7 Å². The van der Waals surface area contributed by atoms with E-state index in [1.54, 1.807) is 5.57 Å². The first-order valence-electron chi connectivity index (χ1n) is 13.4. The van der Waals surface area contributed by atoms with Crippen LogP contribution in [0.1, 0.15) is 111 Å². The van der Waals surface area contributed by atoms with Crippen LogP contribution in [0.4, 0.5) is 0 Å². The predicted molar refractivity (Wildman–Crippen MR) is 125 cm³/mol. The molecule has 0 aliphatic heterocycles. The smallest absolute Gasteiger partial charge is 0.0682 e. The van der Waals surface area contributed by atoms with Crippen LogP contribution in [0.5, 0.6) is 0 Å². The lowest BCUT2D eigenvalue weighted by molar-refractivity contribution is -0.0407. The first-order valence-corrected chi connectivity index (χ1v) is 13.4. The quantitative estimate of drug-likeness (QED) is 0.350. The van der Waals surface area contributed by atoms with Gasteiger partial charge in [-0.05, 0) is 112 Å². The zero-order valence-electron chi connectivity index (χ0n) is 20.2. The van der Waals surface area contributed by atoms with Crippen LogP contribution in [-0.4, -0.2) is 21.9 Å². The van der Waals surface area contributed by atoms with Crippen molar-refractivity contribution in [3.63, 3.8) is 0 Å². The molecule has 0 amide bonds. The first kappa shape index (κ1) is 22.8. The zero-order chi connectivity index (χ0) is 21.5. The molecule has 0 spiro atoms. The molecule has 0 radical (unpaired) electrons. The molecule has 3 fully saturated rings. The van der Waals surface area contributed by atoms with Crippen LogP contribution in [0.2, 0.25) is 0 Å². The zero-order valence-corrected chi connectivity index (χ0v) is 20.2. The maximum atomic E-state index is 10.9. The average molecular weight is 417 g/mol. The molecular weight excluding hydrogens is 368 g/mol. The lowest BCUT2D eigenvalue weighted by Crippen LogP contribution is -2.47. The number of hydrogen-bond donors (Lipinski definition) is 2. The minimum Gasteiger partial charge on any atom is -0.393 e. The lowest BCUT2D eigenvalue weighted by atomic mass is 9.51. The Bertz CT molecular complexity index is 624. The van der Waals surface area contributed by atoms with Gasteiger partial charge in [-0.25, -0.2) is 0 Å². The van der Waals surface area contributed by atoms with E-state index in [-0.39, 0.29) is 6.10 Å². The summed E-state index contributed by atoms with van der Waals surface area (Å²) in [7, 11) is 0. The molecule has 3 saturated carbocycles. The van der Waals surface area contributed by atoms with Gasteiger partial charge in [-0.1, -0.05) is 52.2 Å². The molecule has 2 heteroatoms. The van der Waals surface area contributed by atoms with Gasteiger partial charge in [-0.2, -0.15) is 0 Å². The van der Waals surface area contributed by atoms with E-state index in [0.29, 0.717) is 11.3 Å². The Hall–Kier alpha value is -0.340. The van der Waals surface area contributed by atoms with Gasteiger partial charge in [0.2, 0.25) is 0 Å². The second-order valence-electron chi connectivity index (χ2n) is 12.3. The number of aliphatic hydroxyl groups excluding tert-OH is 1. The number of unbranched alkanes of at least 4 members (excludes halogenated alkanes) is 1. The highest BCUT2D eigenvalue weighted by molar-refractivity contribution is 5.21. The van der Waals surface area contributed by atoms with E-state index in [1.165, 1.54) is 57.8 Å². The Morgan fingerprint density at radius 1 is 1.07 bits per heavy atom. The highest BCUT2D eigenvalue weighted by atomic mass is 16.3. The molecule has 8 atom stereocenters. The summed E-state index contributed by atoms with van der Waals surface area (Å²) in [5, 5.41) is 21.0. The van der Waals surface area contributed by atoms with E-state index in [9.17, 15) is 10.2 Å². The molecule has 0 aromatic heterocycles. The van der Waals surface area contributed by atoms with Crippen LogP contribution in [0, 0.1) is 40.9 Å². The standard InChI is InChI=1S/C28H48O2/c1-5-28(30)17-15-22-20(18-28)10-12-24-23(22)14-16-27(4)21(11-13-25(24)27)8-6-7-9-26(29)19(2)3/h10,19,21-26,29-30H,5-9,11-18H2,1-4H3/t21-,22-,23+,24+,25-,26?,27+,28-/m0/s1. The van der Waals surface area contributed by atoms with Gasteiger partial charge in [0.15, 0.2) is 0 Å². The third-order valence-corrected chi connectivity index (χ3v) is 10.5. The Kier molecular flexibility index (Phi) is 6.77. The second-order valence-corrected chi connectivity index (χ2v) is 12.3. The van der Waals surface area contributed by atoms with E-state index in [1.807, 2.05) is 0 Å². The molecule has 0 heterocycles. The summed E-state index contributed by atoms with van der Waals surface area (Å²) in [6.07, 6.45) is 18.4. The van der Waals surface area contributed by atoms with Gasteiger partial charge in [-0.3, -0.25) is 0 Å². The summed E-state index contributed by atoms with van der Waals surface area (Å²) >= 11 is 0. The number of allylic oxidation sites excluding steroid dienone is 1. The van der Waals surface area contributed by atoms with Crippen molar-refractivity contribution in [2.24, 2.45) is 40.9 Å². The van der Waals surface area contributed by atoms with Crippen molar-refractivity contribution in [2.45, 2.75) is 123 Å². The fourth-order valence-corrected chi connectivity index (χ4v) is 8.33. The SMILES string of the molecule is CC[C@]1(O)CC[C@H]2C(=CC[C@@H]3[C@@H]2CC[C@]2(C)[C@@H](CCCCC(O)C(C)C)CC[C@@H]32)C1. The molecule has 4 aliphatic rings. The minimum absolute atomic E-state index is 0.114. The molecule has 0 saturated heterocycles. The molecule has 1 unspecified atom stereocenters. The van der Waals surface area contributed by atoms with E-state index in [2.05, 4.69) is 33.8 Å². The highest BCUT2D eigenvalue weighted by Crippen LogP contribution is 2.64. The molecule has 2 N–H and O–H groups in total. The summed E-state index contributed by atoms with van der Waals surface area (Å²) in [6.45, 7) is 9.06. The van der Waals surface area contributed by atoms with Gasteiger partial charge in [0.1, 0.15) is 0 Å². The van der Waals surface area contributed by atoms with E-state index >= 15 is 0 Å². The van der Waals surface area contributed by atoms with Crippen molar-refractivity contribution in [1.29, 1.82) is 0 Å². The van der Waals surface area contributed by atoms with Crippen LogP contribution in [0.15, 0.2) is 11.6 Å². The molecule has 4 rings (SSSR count). The summed E-state index contributed by atoms with van der Waals surface area (Å²) < 4.78 is 0. The average Bonchev–Trinajstić information content (AvgIpc) is 3.06. The fraction of sp³-hybridized carbons (Fsp3) is 0.929. The van der Waals surface area contributed by atoms with Crippen molar-refractivity contribution in [1.82, 2.24) is 0 Å². The molecule has 0 bridgehead atoms. The van der Waals surface area contributed by atoms with Gasteiger partial charge in [-0.15, -0.1) is 0 Å². The number of aliphatic hydroxyl groups is 2. The van der Waals surface area contributed by atoms with Crippen LogP contribution >= 0.6 is 0 Å². The van der Waals surface area contributed by atoms with Crippen molar-refractivity contribution < 1.29 is 10.2 Å². The molecule has 30 heavy (non-hydrogen) atoms. The van der Waals surface area contributed by atoms with Crippen LogP contribution in [-0.2, 0) is 0 Å². The van der Waals surface area contributed by atoms with Gasteiger partial charge >= 0.3 is 0 Å². The van der Waals surface area contributed by atoms with Crippen LogP contribution in [0.25, 0.3) is 0 Å². The normalized spacial score (nSPS) is 44.2. The molecule has 4 aliphatic carbocycles. The number of rotatable bonds is 7. The largest absolute Gasteiger partial charge is 0.393 e. The predicted octanol–water partition coefficient (Wildman–Crippen LogP) is 6.89. The van der Waals surface area contributed by atoms with Crippen molar-refractivity contribution in [2.75, 3.05) is 0 Å². The Balaban J connectivity index is 1.37. The highest BCUT2D eigenvalue weighted by Gasteiger charge is 2.55. The molecule has 172 valence electrons. The van der Waals surface area contributed by atoms with Gasteiger partial charge in [0.25, 0.3) is 0 Å². The summed E-state index contributed by atoms with van der Waals surface area (Å²) in [6, 6.07) is 0. The number of hydrogen-bond acceptors (Lipinski definition) is 2. The van der Waals surface area contributed by atoms with Crippen LogP contribution in [0.3, 0.4) is 0 Å². The van der Waals surface area contributed by atoms with Gasteiger partial charge in [0, 0.05) is 0 Å². The molecule has 0 aromatic rings. The molecule has 0 aromatic carbocycles. The van der Waals surface area contributed by atoms with Crippen LogP contribution < -0.4 is 0 Å². The maximum absolute atomic E-state index is 10.9. The minimum atomic E-state index is -0.417. The Morgan fingerprint density at radius 3 is 2.60 bits per heavy atom. The third-order valence-electron chi connectivity index (χ3n) is 10.5. The van der Waals surface area contributed by atoms with Gasteiger partial charge < -0.3 is 10.2 Å². The Morgan fingerprint density at radius 2 is 1.87 bits per heavy atom. The maximum Gasteiger partial charge on any atom is 0.0682 e. The Labute approximate surface area is 185 Å². The monoisotopic (exact) mass is 416 g/mol. The number of fused-ring (bicyclic) bond motifs is 5. The summed E-state index contributed by atoms with van der Waals surface area (Å²) in [5.74, 6) is 4.79. The second kappa shape index (κ2) is 8.89. The molecular formula is C28H48O2. The van der Waals surface area contributed by atoms with E-state index in [0.717, 1.165) is 55.3 Å².